The Bertz CT molecular complexity index is 630. The van der Waals surface area contributed by atoms with E-state index < -0.39 is 44.4 Å². The fraction of sp³-hybridized carbons (Fsp3) is 0.364. The molecule has 1 rings (SSSR count). The molecule has 0 aliphatic heterocycles. The van der Waals surface area contributed by atoms with Gasteiger partial charge in [0.2, 0.25) is 10.0 Å². The average Bonchev–Trinajstić information content (AvgIpc) is 2.42. The van der Waals surface area contributed by atoms with Crippen molar-refractivity contribution in [3.63, 3.8) is 0 Å². The van der Waals surface area contributed by atoms with Crippen LogP contribution in [0.2, 0.25) is 0 Å². The normalized spacial score (nSPS) is 11.9. The van der Waals surface area contributed by atoms with Gasteiger partial charge in [-0.1, -0.05) is 0 Å². The first-order valence-electron chi connectivity index (χ1n) is 5.50. The summed E-state index contributed by atoms with van der Waals surface area (Å²) in [4.78, 5) is 9.65. The number of hydrogen-bond acceptors (Lipinski definition) is 5. The van der Waals surface area contributed by atoms with Gasteiger partial charge in [0.25, 0.3) is 0 Å². The highest BCUT2D eigenvalue weighted by molar-refractivity contribution is 7.89. The van der Waals surface area contributed by atoms with Gasteiger partial charge in [-0.25, -0.2) is 26.7 Å². The molecule has 7 nitrogen and oxygen atoms in total. The minimum Gasteiger partial charge on any atom is -0.478 e. The maximum Gasteiger partial charge on any atom is 0.335 e. The summed E-state index contributed by atoms with van der Waals surface area (Å²) < 4.78 is 62.1. The molecule has 0 aliphatic rings. The summed E-state index contributed by atoms with van der Waals surface area (Å²) in [5.74, 6) is -4.83. The molecule has 0 atom stereocenters. The molecule has 10 heteroatoms. The number of rotatable bonds is 7. The maximum absolute atomic E-state index is 13.6. The first kappa shape index (κ1) is 17.4. The van der Waals surface area contributed by atoms with Crippen molar-refractivity contribution in [2.24, 2.45) is 0 Å². The van der Waals surface area contributed by atoms with Crippen molar-refractivity contribution >= 4 is 16.0 Å². The minimum atomic E-state index is -4.47. The van der Waals surface area contributed by atoms with E-state index in [4.69, 9.17) is 14.6 Å². The lowest BCUT2D eigenvalue weighted by molar-refractivity contribution is -0.0960. The largest absolute Gasteiger partial charge is 0.478 e. The summed E-state index contributed by atoms with van der Waals surface area (Å²) in [7, 11) is -1.96. The van der Waals surface area contributed by atoms with Crippen molar-refractivity contribution < 1.29 is 36.6 Å². The Morgan fingerprint density at radius 2 is 1.90 bits per heavy atom. The van der Waals surface area contributed by atoms with E-state index >= 15 is 0 Å². The van der Waals surface area contributed by atoms with Crippen LogP contribution < -0.4 is 4.72 Å². The Balaban J connectivity index is 3.16. The molecular weight excluding hydrogens is 312 g/mol. The first-order valence-corrected chi connectivity index (χ1v) is 6.98. The van der Waals surface area contributed by atoms with E-state index in [2.05, 4.69) is 0 Å². The molecule has 2 N–H and O–H groups in total. The molecule has 0 aromatic heterocycles. The SMILES string of the molecule is COC(CNS(=O)(=O)c1cc(C(=O)O)cc(F)c1F)OC. The monoisotopic (exact) mass is 325 g/mol. The Kier molecular flexibility index (Phi) is 5.72. The zero-order chi connectivity index (χ0) is 16.2. The van der Waals surface area contributed by atoms with Crippen molar-refractivity contribution in [1.82, 2.24) is 4.72 Å². The highest BCUT2D eigenvalue weighted by Gasteiger charge is 2.25. The van der Waals surface area contributed by atoms with Crippen LogP contribution >= 0.6 is 0 Å². The topological polar surface area (TPSA) is 102 Å². The van der Waals surface area contributed by atoms with Crippen LogP contribution in [-0.2, 0) is 19.5 Å². The van der Waals surface area contributed by atoms with Gasteiger partial charge in [-0.15, -0.1) is 0 Å². The Labute approximate surface area is 119 Å². The highest BCUT2D eigenvalue weighted by Crippen LogP contribution is 2.20. The van der Waals surface area contributed by atoms with Crippen molar-refractivity contribution in [2.75, 3.05) is 20.8 Å². The number of nitrogens with one attached hydrogen (secondary N) is 1. The van der Waals surface area contributed by atoms with Crippen LogP contribution in [0.15, 0.2) is 17.0 Å². The lowest BCUT2D eigenvalue weighted by Gasteiger charge is -2.14. The van der Waals surface area contributed by atoms with Crippen LogP contribution in [0.3, 0.4) is 0 Å². The fourth-order valence-corrected chi connectivity index (χ4v) is 2.53. The maximum atomic E-state index is 13.6. The zero-order valence-corrected chi connectivity index (χ0v) is 11.9. The molecule has 0 unspecified atom stereocenters. The third-order valence-corrected chi connectivity index (χ3v) is 3.92. The minimum absolute atomic E-state index is 0.367. The molecule has 0 aliphatic carbocycles. The second-order valence-corrected chi connectivity index (χ2v) is 5.56. The number of carboxylic acid groups (broad SMARTS) is 1. The van der Waals surface area contributed by atoms with Gasteiger partial charge in [0, 0.05) is 14.2 Å². The third-order valence-electron chi connectivity index (χ3n) is 2.50. The van der Waals surface area contributed by atoms with Crippen LogP contribution in [0.25, 0.3) is 0 Å². The summed E-state index contributed by atoms with van der Waals surface area (Å²) in [5.41, 5.74) is -0.690. The number of carboxylic acids is 1. The standard InChI is InChI=1S/C11H13F2NO6S/c1-19-9(20-2)5-14-21(17,18)8-4-6(11(15)16)3-7(12)10(8)13/h3-4,9,14H,5H2,1-2H3,(H,15,16). The number of ether oxygens (including phenoxy) is 2. The quantitative estimate of drug-likeness (QED) is 0.710. The molecule has 0 radical (unpaired) electrons. The van der Waals surface area contributed by atoms with Gasteiger partial charge in [-0.2, -0.15) is 0 Å². The second-order valence-electron chi connectivity index (χ2n) is 3.83. The lowest BCUT2D eigenvalue weighted by atomic mass is 10.2. The van der Waals surface area contributed by atoms with Crippen molar-refractivity contribution in [3.05, 3.63) is 29.3 Å². The molecule has 118 valence electrons. The van der Waals surface area contributed by atoms with Gasteiger partial charge in [0.15, 0.2) is 17.9 Å². The van der Waals surface area contributed by atoms with Crippen molar-refractivity contribution in [1.29, 1.82) is 0 Å². The highest BCUT2D eigenvalue weighted by atomic mass is 32.2. The first-order chi connectivity index (χ1) is 9.72. The molecule has 0 fully saturated rings. The molecule has 0 spiro atoms. The molecule has 0 amide bonds. The molecule has 1 aromatic carbocycles. The molecule has 0 bridgehead atoms. The van der Waals surface area contributed by atoms with Gasteiger partial charge >= 0.3 is 5.97 Å². The summed E-state index contributed by atoms with van der Waals surface area (Å²) in [5, 5.41) is 8.74. The number of benzene rings is 1. The Morgan fingerprint density at radius 3 is 2.38 bits per heavy atom. The summed E-state index contributed by atoms with van der Waals surface area (Å²) >= 11 is 0. The van der Waals surface area contributed by atoms with Crippen molar-refractivity contribution in [2.45, 2.75) is 11.2 Å². The Morgan fingerprint density at radius 1 is 1.33 bits per heavy atom. The van der Waals surface area contributed by atoms with E-state index in [1.165, 1.54) is 14.2 Å². The van der Waals surface area contributed by atoms with Gasteiger partial charge in [-0.05, 0) is 12.1 Å². The van der Waals surface area contributed by atoms with Crippen LogP contribution in [0, 0.1) is 11.6 Å². The van der Waals surface area contributed by atoms with E-state index in [-0.39, 0.29) is 6.54 Å². The Hall–Kier alpha value is -1.62. The number of aromatic carboxylic acids is 1. The van der Waals surface area contributed by atoms with E-state index in [0.717, 1.165) is 0 Å². The smallest absolute Gasteiger partial charge is 0.335 e. The molecule has 0 saturated heterocycles. The van der Waals surface area contributed by atoms with Crippen LogP contribution in [-0.4, -0.2) is 46.5 Å². The predicted octanol–water partition coefficient (Wildman–Crippen LogP) is 0.560. The van der Waals surface area contributed by atoms with E-state index in [1.54, 1.807) is 0 Å². The molecule has 0 saturated carbocycles. The summed E-state index contributed by atoms with van der Waals surface area (Å²) in [6.45, 7) is -0.367. The van der Waals surface area contributed by atoms with Crippen molar-refractivity contribution in [3.8, 4) is 0 Å². The number of halogens is 2. The van der Waals surface area contributed by atoms with Crippen LogP contribution in [0.1, 0.15) is 10.4 Å². The van der Waals surface area contributed by atoms with Gasteiger partial charge in [-0.3, -0.25) is 0 Å². The molecular formula is C11H13F2NO6S. The van der Waals surface area contributed by atoms with Gasteiger partial charge < -0.3 is 14.6 Å². The second kappa shape index (κ2) is 6.89. The number of sulfonamides is 1. The molecule has 21 heavy (non-hydrogen) atoms. The lowest BCUT2D eigenvalue weighted by Crippen LogP contribution is -2.34. The zero-order valence-electron chi connectivity index (χ0n) is 11.1. The summed E-state index contributed by atoms with van der Waals surface area (Å²) in [6.07, 6.45) is -0.935. The fourth-order valence-electron chi connectivity index (χ4n) is 1.40. The number of carbonyl (C=O) groups is 1. The molecule has 0 heterocycles. The van der Waals surface area contributed by atoms with E-state index in [1.807, 2.05) is 4.72 Å². The summed E-state index contributed by atoms with van der Waals surface area (Å²) in [6, 6.07) is 0.918. The van der Waals surface area contributed by atoms with Crippen LogP contribution in [0.5, 0.6) is 0 Å². The number of methoxy groups -OCH3 is 2. The van der Waals surface area contributed by atoms with Gasteiger partial charge in [0.05, 0.1) is 12.1 Å². The third kappa shape index (κ3) is 4.17. The predicted molar refractivity (Wildman–Crippen MR) is 66.3 cm³/mol. The van der Waals surface area contributed by atoms with Gasteiger partial charge in [0.1, 0.15) is 4.90 Å². The van der Waals surface area contributed by atoms with E-state index in [9.17, 15) is 22.0 Å². The average molecular weight is 325 g/mol. The molecule has 1 aromatic rings. The number of hydrogen-bond donors (Lipinski definition) is 2. The van der Waals surface area contributed by atoms with E-state index in [0.29, 0.717) is 12.1 Å². The van der Waals surface area contributed by atoms with Crippen LogP contribution in [0.4, 0.5) is 8.78 Å².